The minimum Gasteiger partial charge on any atom is -0.368 e. The molecule has 2 nitrogen and oxygen atoms in total. The third-order valence-corrected chi connectivity index (χ3v) is 4.46. The van der Waals surface area contributed by atoms with Crippen molar-refractivity contribution in [2.75, 3.05) is 11.4 Å². The fourth-order valence-corrected chi connectivity index (χ4v) is 3.04. The zero-order chi connectivity index (χ0) is 12.7. The quantitative estimate of drug-likeness (QED) is 0.765. The molecule has 0 saturated heterocycles. The van der Waals surface area contributed by atoms with Crippen molar-refractivity contribution >= 4 is 27.4 Å². The maximum Gasteiger partial charge on any atom is 0.160 e. The van der Waals surface area contributed by atoms with Crippen molar-refractivity contribution in [2.45, 2.75) is 38.6 Å². The highest BCUT2D eigenvalue weighted by Crippen LogP contribution is 2.38. The van der Waals surface area contributed by atoms with Gasteiger partial charge in [0.15, 0.2) is 5.78 Å². The lowest BCUT2D eigenvalue weighted by Gasteiger charge is -2.25. The van der Waals surface area contributed by atoms with E-state index in [4.69, 9.17) is 0 Å². The van der Waals surface area contributed by atoms with Gasteiger partial charge in [0.2, 0.25) is 0 Å². The lowest BCUT2D eigenvalue weighted by atomic mass is 10.1. The zero-order valence-corrected chi connectivity index (χ0v) is 12.2. The van der Waals surface area contributed by atoms with Gasteiger partial charge in [-0.05, 0) is 72.7 Å². The van der Waals surface area contributed by atoms with Crippen LogP contribution in [0.15, 0.2) is 22.7 Å². The summed E-state index contributed by atoms with van der Waals surface area (Å²) in [6.45, 7) is 2.80. The number of benzene rings is 1. The summed E-state index contributed by atoms with van der Waals surface area (Å²) >= 11 is 3.52. The van der Waals surface area contributed by atoms with E-state index in [9.17, 15) is 4.79 Å². The standard InChI is InChI=1S/C15H18BrNO/c1-10(18)14-7-6-13(8-15(14)16)17(12-4-5-12)9-11-2-3-11/h6-8,11-12H,2-5,9H2,1H3. The number of anilines is 1. The number of ketones is 1. The molecule has 0 aromatic heterocycles. The molecule has 2 aliphatic rings. The summed E-state index contributed by atoms with van der Waals surface area (Å²) in [5.41, 5.74) is 2.04. The second-order valence-corrected chi connectivity index (χ2v) is 6.40. The monoisotopic (exact) mass is 307 g/mol. The smallest absolute Gasteiger partial charge is 0.160 e. The van der Waals surface area contributed by atoms with E-state index in [1.54, 1.807) is 6.92 Å². The van der Waals surface area contributed by atoms with Crippen LogP contribution >= 0.6 is 15.9 Å². The number of nitrogens with zero attached hydrogens (tertiary/aromatic N) is 1. The molecule has 2 aliphatic carbocycles. The van der Waals surface area contributed by atoms with E-state index in [1.807, 2.05) is 6.07 Å². The third-order valence-electron chi connectivity index (χ3n) is 3.80. The average Bonchev–Trinajstić information content (AvgIpc) is 3.18. The molecule has 0 heterocycles. The van der Waals surface area contributed by atoms with Crippen LogP contribution in [0.4, 0.5) is 5.69 Å². The van der Waals surface area contributed by atoms with Gasteiger partial charge in [0.25, 0.3) is 0 Å². The minimum atomic E-state index is 0.119. The van der Waals surface area contributed by atoms with Crippen molar-refractivity contribution < 1.29 is 4.79 Å². The fraction of sp³-hybridized carbons (Fsp3) is 0.533. The van der Waals surface area contributed by atoms with E-state index in [2.05, 4.69) is 33.0 Å². The van der Waals surface area contributed by atoms with E-state index in [1.165, 1.54) is 37.9 Å². The van der Waals surface area contributed by atoms with Crippen LogP contribution in [0.25, 0.3) is 0 Å². The Bertz CT molecular complexity index is 477. The first-order valence-corrected chi connectivity index (χ1v) is 7.51. The van der Waals surface area contributed by atoms with Gasteiger partial charge in [0.05, 0.1) is 0 Å². The number of hydrogen-bond donors (Lipinski definition) is 0. The van der Waals surface area contributed by atoms with Gasteiger partial charge < -0.3 is 4.90 Å². The molecule has 18 heavy (non-hydrogen) atoms. The Hall–Kier alpha value is -0.830. The fourth-order valence-electron chi connectivity index (χ4n) is 2.40. The highest BCUT2D eigenvalue weighted by atomic mass is 79.9. The van der Waals surface area contributed by atoms with Crippen LogP contribution in [0.2, 0.25) is 0 Å². The summed E-state index contributed by atoms with van der Waals surface area (Å²) in [5.74, 6) is 1.02. The van der Waals surface area contributed by atoms with Crippen LogP contribution in [0.1, 0.15) is 43.0 Å². The van der Waals surface area contributed by atoms with E-state index < -0.39 is 0 Å². The number of carbonyl (C=O) groups is 1. The lowest BCUT2D eigenvalue weighted by Crippen LogP contribution is -2.28. The van der Waals surface area contributed by atoms with Gasteiger partial charge in [0, 0.05) is 28.3 Å². The Morgan fingerprint density at radius 3 is 2.56 bits per heavy atom. The highest BCUT2D eigenvalue weighted by Gasteiger charge is 2.33. The molecule has 0 atom stereocenters. The van der Waals surface area contributed by atoms with E-state index in [0.29, 0.717) is 0 Å². The first-order valence-electron chi connectivity index (χ1n) is 6.72. The van der Waals surface area contributed by atoms with Crippen molar-refractivity contribution in [3.05, 3.63) is 28.2 Å². The largest absolute Gasteiger partial charge is 0.368 e. The first kappa shape index (κ1) is 12.2. The van der Waals surface area contributed by atoms with Crippen LogP contribution in [-0.4, -0.2) is 18.4 Å². The molecule has 2 saturated carbocycles. The number of rotatable bonds is 5. The second kappa shape index (κ2) is 4.69. The van der Waals surface area contributed by atoms with Crippen molar-refractivity contribution in [1.29, 1.82) is 0 Å². The van der Waals surface area contributed by atoms with Gasteiger partial charge in [-0.3, -0.25) is 4.79 Å². The van der Waals surface area contributed by atoms with Gasteiger partial charge in [-0.2, -0.15) is 0 Å². The van der Waals surface area contributed by atoms with Crippen LogP contribution in [0, 0.1) is 5.92 Å². The third kappa shape index (κ3) is 2.61. The minimum absolute atomic E-state index is 0.119. The first-order chi connectivity index (χ1) is 8.65. The lowest BCUT2D eigenvalue weighted by molar-refractivity contribution is 0.101. The predicted octanol–water partition coefficient (Wildman–Crippen LogP) is 4.03. The molecule has 0 unspecified atom stereocenters. The molecule has 0 N–H and O–H groups in total. The predicted molar refractivity (Wildman–Crippen MR) is 77.2 cm³/mol. The zero-order valence-electron chi connectivity index (χ0n) is 10.7. The van der Waals surface area contributed by atoms with Crippen LogP contribution < -0.4 is 4.90 Å². The van der Waals surface area contributed by atoms with E-state index in [0.717, 1.165) is 22.0 Å². The molecule has 0 amide bonds. The van der Waals surface area contributed by atoms with Gasteiger partial charge in [-0.1, -0.05) is 0 Å². The summed E-state index contributed by atoms with van der Waals surface area (Å²) in [6.07, 6.45) is 5.41. The Labute approximate surface area is 116 Å². The Kier molecular flexibility index (Phi) is 3.18. The van der Waals surface area contributed by atoms with Crippen LogP contribution in [-0.2, 0) is 0 Å². The summed E-state index contributed by atoms with van der Waals surface area (Å²) in [5, 5.41) is 0. The van der Waals surface area contributed by atoms with Gasteiger partial charge in [-0.15, -0.1) is 0 Å². The van der Waals surface area contributed by atoms with Crippen LogP contribution in [0.3, 0.4) is 0 Å². The number of hydrogen-bond acceptors (Lipinski definition) is 2. The summed E-state index contributed by atoms with van der Waals surface area (Å²) < 4.78 is 0.925. The molecule has 0 radical (unpaired) electrons. The second-order valence-electron chi connectivity index (χ2n) is 5.55. The van der Waals surface area contributed by atoms with Gasteiger partial charge >= 0.3 is 0 Å². The Balaban J connectivity index is 1.84. The molecule has 3 heteroatoms. The molecule has 0 spiro atoms. The molecule has 2 fully saturated rings. The maximum atomic E-state index is 11.4. The van der Waals surface area contributed by atoms with Crippen molar-refractivity contribution in [3.8, 4) is 0 Å². The molecule has 96 valence electrons. The highest BCUT2D eigenvalue weighted by molar-refractivity contribution is 9.10. The van der Waals surface area contributed by atoms with Crippen molar-refractivity contribution in [1.82, 2.24) is 0 Å². The van der Waals surface area contributed by atoms with Crippen molar-refractivity contribution in [2.24, 2.45) is 5.92 Å². The average molecular weight is 308 g/mol. The van der Waals surface area contributed by atoms with Crippen molar-refractivity contribution in [3.63, 3.8) is 0 Å². The summed E-state index contributed by atoms with van der Waals surface area (Å²) in [4.78, 5) is 14.0. The van der Waals surface area contributed by atoms with Gasteiger partial charge in [0.1, 0.15) is 0 Å². The van der Waals surface area contributed by atoms with E-state index in [-0.39, 0.29) is 5.78 Å². The summed E-state index contributed by atoms with van der Waals surface area (Å²) in [6, 6.07) is 6.89. The SMILES string of the molecule is CC(=O)c1ccc(N(CC2CC2)C2CC2)cc1Br. The normalized spacial score (nSPS) is 18.8. The summed E-state index contributed by atoms with van der Waals surface area (Å²) in [7, 11) is 0. The Morgan fingerprint density at radius 2 is 2.06 bits per heavy atom. The topological polar surface area (TPSA) is 20.3 Å². The molecular formula is C15H18BrNO. The number of Topliss-reactive ketones (excluding diaryl/α,β-unsaturated/α-hetero) is 1. The van der Waals surface area contributed by atoms with Gasteiger partial charge in [-0.25, -0.2) is 0 Å². The Morgan fingerprint density at radius 1 is 1.33 bits per heavy atom. The van der Waals surface area contributed by atoms with E-state index >= 15 is 0 Å². The van der Waals surface area contributed by atoms with Crippen LogP contribution in [0.5, 0.6) is 0 Å². The molecule has 1 aromatic carbocycles. The molecule has 3 rings (SSSR count). The molecule has 0 aliphatic heterocycles. The molecule has 0 bridgehead atoms. The maximum absolute atomic E-state index is 11.4. The molecule has 1 aromatic rings. The molecular weight excluding hydrogens is 290 g/mol. The number of halogens is 1. The number of carbonyl (C=O) groups excluding carboxylic acids is 1.